The zero-order valence-electron chi connectivity index (χ0n) is 12.6. The number of pyridine rings is 1. The Morgan fingerprint density at radius 2 is 2.05 bits per heavy atom. The van der Waals surface area contributed by atoms with Crippen LogP contribution in [0, 0.1) is 0 Å². The van der Waals surface area contributed by atoms with E-state index < -0.39 is 0 Å². The lowest BCUT2D eigenvalue weighted by Gasteiger charge is -2.23. The molecule has 1 aliphatic carbocycles. The summed E-state index contributed by atoms with van der Waals surface area (Å²) in [6.07, 6.45) is 4.85. The van der Waals surface area contributed by atoms with Gasteiger partial charge in [0.05, 0.1) is 0 Å². The van der Waals surface area contributed by atoms with Crippen LogP contribution in [0.5, 0.6) is 0 Å². The van der Waals surface area contributed by atoms with Gasteiger partial charge in [-0.05, 0) is 56.8 Å². The van der Waals surface area contributed by atoms with Crippen LogP contribution < -0.4 is 10.2 Å². The fourth-order valence-corrected chi connectivity index (χ4v) is 2.47. The number of aromatic nitrogens is 1. The first kappa shape index (κ1) is 14.3. The molecule has 0 bridgehead atoms. The molecule has 1 heterocycles. The highest BCUT2D eigenvalue weighted by atomic mass is 15.2. The summed E-state index contributed by atoms with van der Waals surface area (Å²) in [5.41, 5.74) is 2.58. The Hall–Kier alpha value is -1.09. The average Bonchev–Trinajstić information content (AvgIpc) is 3.24. The molecule has 3 nitrogen and oxygen atoms in total. The van der Waals surface area contributed by atoms with Gasteiger partial charge in [-0.3, -0.25) is 0 Å². The minimum atomic E-state index is 0.737. The smallest absolute Gasteiger partial charge is 0.129 e. The zero-order chi connectivity index (χ0) is 13.7. The molecule has 1 aromatic rings. The van der Waals surface area contributed by atoms with Gasteiger partial charge in [-0.15, -0.1) is 0 Å². The van der Waals surface area contributed by atoms with Crippen LogP contribution >= 0.6 is 0 Å². The standard InChI is InChI=1S/C16H27N3/c1-4-9-17-12-13-10-14(5-2)18-16(11-13)19(6-3)15-7-8-15/h10-11,15,17H,4-9,12H2,1-3H3. The van der Waals surface area contributed by atoms with Crippen LogP contribution in [0.2, 0.25) is 0 Å². The molecule has 0 saturated heterocycles. The van der Waals surface area contributed by atoms with Gasteiger partial charge in [0.1, 0.15) is 5.82 Å². The molecule has 0 aliphatic heterocycles. The third-order valence-electron chi connectivity index (χ3n) is 3.67. The van der Waals surface area contributed by atoms with Crippen molar-refractivity contribution in [2.75, 3.05) is 18.0 Å². The number of aryl methyl sites for hydroxylation is 1. The van der Waals surface area contributed by atoms with Crippen molar-refractivity contribution >= 4 is 5.82 Å². The van der Waals surface area contributed by atoms with E-state index in [1.807, 2.05) is 0 Å². The Bertz CT molecular complexity index is 399. The second kappa shape index (κ2) is 6.90. The van der Waals surface area contributed by atoms with E-state index in [-0.39, 0.29) is 0 Å². The molecule has 1 aliphatic rings. The molecular weight excluding hydrogens is 234 g/mol. The normalized spacial score (nSPS) is 14.7. The summed E-state index contributed by atoms with van der Waals surface area (Å²) < 4.78 is 0. The predicted molar refractivity (Wildman–Crippen MR) is 81.7 cm³/mol. The fourth-order valence-electron chi connectivity index (χ4n) is 2.47. The molecular formula is C16H27N3. The van der Waals surface area contributed by atoms with Gasteiger partial charge in [-0.1, -0.05) is 13.8 Å². The SMILES string of the molecule is CCCNCc1cc(CC)nc(N(CC)C2CC2)c1. The summed E-state index contributed by atoms with van der Waals surface area (Å²) in [5, 5.41) is 3.49. The predicted octanol–water partition coefficient (Wildman–Crippen LogP) is 3.13. The molecule has 106 valence electrons. The summed E-state index contributed by atoms with van der Waals surface area (Å²) in [7, 11) is 0. The summed E-state index contributed by atoms with van der Waals surface area (Å²) in [6, 6.07) is 5.25. The molecule has 1 aromatic heterocycles. The van der Waals surface area contributed by atoms with Crippen LogP contribution in [0.4, 0.5) is 5.82 Å². The molecule has 0 unspecified atom stereocenters. The molecule has 1 saturated carbocycles. The third kappa shape index (κ3) is 3.93. The number of rotatable bonds is 8. The third-order valence-corrected chi connectivity index (χ3v) is 3.67. The van der Waals surface area contributed by atoms with Crippen LogP contribution in [0.25, 0.3) is 0 Å². The molecule has 0 spiro atoms. The minimum absolute atomic E-state index is 0.737. The Balaban J connectivity index is 2.14. The first-order chi connectivity index (χ1) is 9.28. The number of anilines is 1. The van der Waals surface area contributed by atoms with Crippen molar-refractivity contribution < 1.29 is 0 Å². The van der Waals surface area contributed by atoms with Crippen molar-refractivity contribution in [1.29, 1.82) is 0 Å². The lowest BCUT2D eigenvalue weighted by atomic mass is 10.2. The molecule has 1 fully saturated rings. The maximum Gasteiger partial charge on any atom is 0.129 e. The van der Waals surface area contributed by atoms with Crippen molar-refractivity contribution in [1.82, 2.24) is 10.3 Å². The van der Waals surface area contributed by atoms with E-state index in [0.717, 1.165) is 32.1 Å². The topological polar surface area (TPSA) is 28.2 Å². The first-order valence-corrected chi connectivity index (χ1v) is 7.75. The number of nitrogens with zero attached hydrogens (tertiary/aromatic N) is 2. The Labute approximate surface area is 117 Å². The van der Waals surface area contributed by atoms with Gasteiger partial charge in [-0.25, -0.2) is 4.98 Å². The summed E-state index contributed by atoms with van der Waals surface area (Å²) in [4.78, 5) is 7.27. The van der Waals surface area contributed by atoms with Crippen molar-refractivity contribution in [3.63, 3.8) is 0 Å². The maximum atomic E-state index is 4.81. The second-order valence-corrected chi connectivity index (χ2v) is 5.37. The Morgan fingerprint density at radius 3 is 2.63 bits per heavy atom. The molecule has 1 N–H and O–H groups in total. The van der Waals surface area contributed by atoms with E-state index in [2.05, 4.69) is 43.1 Å². The highest BCUT2D eigenvalue weighted by Crippen LogP contribution is 2.31. The van der Waals surface area contributed by atoms with Crippen LogP contribution in [0.3, 0.4) is 0 Å². The Morgan fingerprint density at radius 1 is 1.26 bits per heavy atom. The number of hydrogen-bond acceptors (Lipinski definition) is 3. The van der Waals surface area contributed by atoms with Gasteiger partial charge in [0.25, 0.3) is 0 Å². The maximum absolute atomic E-state index is 4.81. The highest BCUT2D eigenvalue weighted by Gasteiger charge is 2.29. The molecule has 19 heavy (non-hydrogen) atoms. The molecule has 2 rings (SSSR count). The van der Waals surface area contributed by atoms with E-state index in [9.17, 15) is 0 Å². The highest BCUT2D eigenvalue weighted by molar-refractivity contribution is 5.45. The van der Waals surface area contributed by atoms with Gasteiger partial charge >= 0.3 is 0 Å². The van der Waals surface area contributed by atoms with Crippen LogP contribution in [-0.2, 0) is 13.0 Å². The molecule has 0 atom stereocenters. The summed E-state index contributed by atoms with van der Waals surface area (Å²) in [6.45, 7) is 9.72. The molecule has 3 heteroatoms. The van der Waals surface area contributed by atoms with Crippen molar-refractivity contribution in [3.05, 3.63) is 23.4 Å². The average molecular weight is 261 g/mol. The fraction of sp³-hybridized carbons (Fsp3) is 0.688. The summed E-state index contributed by atoms with van der Waals surface area (Å²) in [5.74, 6) is 1.18. The van der Waals surface area contributed by atoms with Crippen molar-refractivity contribution in [2.24, 2.45) is 0 Å². The van der Waals surface area contributed by atoms with E-state index in [4.69, 9.17) is 4.98 Å². The van der Waals surface area contributed by atoms with Crippen LogP contribution in [0.1, 0.15) is 51.3 Å². The van der Waals surface area contributed by atoms with E-state index in [1.54, 1.807) is 0 Å². The molecule has 0 aromatic carbocycles. The molecule has 0 radical (unpaired) electrons. The first-order valence-electron chi connectivity index (χ1n) is 7.75. The quantitative estimate of drug-likeness (QED) is 0.729. The summed E-state index contributed by atoms with van der Waals surface area (Å²) >= 11 is 0. The number of nitrogens with one attached hydrogen (secondary N) is 1. The zero-order valence-corrected chi connectivity index (χ0v) is 12.6. The van der Waals surface area contributed by atoms with Crippen LogP contribution in [0.15, 0.2) is 12.1 Å². The van der Waals surface area contributed by atoms with Crippen molar-refractivity contribution in [3.8, 4) is 0 Å². The van der Waals surface area contributed by atoms with Crippen LogP contribution in [-0.4, -0.2) is 24.1 Å². The lowest BCUT2D eigenvalue weighted by molar-refractivity contribution is 0.673. The number of hydrogen-bond donors (Lipinski definition) is 1. The van der Waals surface area contributed by atoms with E-state index in [1.165, 1.54) is 36.3 Å². The van der Waals surface area contributed by atoms with Gasteiger partial charge in [0.2, 0.25) is 0 Å². The van der Waals surface area contributed by atoms with Gasteiger partial charge in [-0.2, -0.15) is 0 Å². The van der Waals surface area contributed by atoms with Gasteiger partial charge < -0.3 is 10.2 Å². The largest absolute Gasteiger partial charge is 0.354 e. The van der Waals surface area contributed by atoms with Crippen molar-refractivity contribution in [2.45, 2.75) is 59.0 Å². The lowest BCUT2D eigenvalue weighted by Crippen LogP contribution is -2.26. The van der Waals surface area contributed by atoms with Gasteiger partial charge in [0, 0.05) is 24.8 Å². The van der Waals surface area contributed by atoms with E-state index in [0.29, 0.717) is 0 Å². The molecule has 0 amide bonds. The van der Waals surface area contributed by atoms with Gasteiger partial charge in [0.15, 0.2) is 0 Å². The minimum Gasteiger partial charge on any atom is -0.354 e. The monoisotopic (exact) mass is 261 g/mol. The Kier molecular flexibility index (Phi) is 5.20. The second-order valence-electron chi connectivity index (χ2n) is 5.37. The van der Waals surface area contributed by atoms with E-state index >= 15 is 0 Å².